The number of carbonyl (C=O) groups excluding carboxylic acids is 1. The van der Waals surface area contributed by atoms with Crippen LogP contribution < -0.4 is 4.90 Å². The molecular formula is C19H22N2O. The summed E-state index contributed by atoms with van der Waals surface area (Å²) >= 11 is 0. The number of hydrogen-bond acceptors (Lipinski definition) is 3. The highest BCUT2D eigenvalue weighted by molar-refractivity contribution is 5.94. The molecular weight excluding hydrogens is 272 g/mol. The zero-order chi connectivity index (χ0) is 15.1. The van der Waals surface area contributed by atoms with Crippen molar-refractivity contribution in [2.24, 2.45) is 5.92 Å². The molecule has 3 heteroatoms. The van der Waals surface area contributed by atoms with Crippen molar-refractivity contribution in [1.29, 1.82) is 0 Å². The van der Waals surface area contributed by atoms with Crippen LogP contribution in [0.5, 0.6) is 0 Å². The Bertz CT molecular complexity index is 709. The topological polar surface area (TPSA) is 23.6 Å². The largest absolute Gasteiger partial charge is 0.373 e. The van der Waals surface area contributed by atoms with Crippen molar-refractivity contribution in [1.82, 2.24) is 4.90 Å². The number of rotatable bonds is 1. The number of likely N-dealkylation sites (N-methyl/N-ethyl adjacent to an activating group) is 1. The van der Waals surface area contributed by atoms with Crippen molar-refractivity contribution >= 4 is 11.5 Å². The van der Waals surface area contributed by atoms with E-state index in [2.05, 4.69) is 47.3 Å². The number of Topliss-reactive ketones (excluding diaryl/α,β-unsaturated/α-hetero) is 1. The summed E-state index contributed by atoms with van der Waals surface area (Å²) in [6, 6.07) is 10.1. The van der Waals surface area contributed by atoms with E-state index in [0.717, 1.165) is 25.0 Å². The first-order chi connectivity index (χ1) is 10.6. The van der Waals surface area contributed by atoms with E-state index >= 15 is 0 Å². The second-order valence-corrected chi connectivity index (χ2v) is 7.50. The number of para-hydroxylation sites is 1. The summed E-state index contributed by atoms with van der Waals surface area (Å²) in [4.78, 5) is 17.0. The van der Waals surface area contributed by atoms with Gasteiger partial charge in [-0.2, -0.15) is 0 Å². The molecule has 1 saturated heterocycles. The Labute approximate surface area is 131 Å². The van der Waals surface area contributed by atoms with Gasteiger partial charge in [0.25, 0.3) is 0 Å². The van der Waals surface area contributed by atoms with Crippen LogP contribution in [0.4, 0.5) is 5.69 Å². The van der Waals surface area contributed by atoms with Gasteiger partial charge in [-0.05, 0) is 43.7 Å². The molecule has 1 spiro atoms. The predicted octanol–water partition coefficient (Wildman–Crippen LogP) is 2.71. The zero-order valence-electron chi connectivity index (χ0n) is 13.2. The molecule has 0 unspecified atom stereocenters. The lowest BCUT2D eigenvalue weighted by molar-refractivity contribution is -0.114. The number of ketones is 1. The van der Waals surface area contributed by atoms with Gasteiger partial charge in [-0.3, -0.25) is 4.79 Å². The smallest absolute Gasteiger partial charge is 0.157 e. The lowest BCUT2D eigenvalue weighted by atomic mass is 9.60. The highest BCUT2D eigenvalue weighted by Crippen LogP contribution is 2.60. The molecule has 0 radical (unpaired) electrons. The number of allylic oxidation sites excluding steroid dienone is 1. The molecule has 1 aromatic carbocycles. The summed E-state index contributed by atoms with van der Waals surface area (Å²) in [7, 11) is 2.25. The molecule has 3 heterocycles. The normalized spacial score (nSPS) is 37.7. The molecule has 114 valence electrons. The van der Waals surface area contributed by atoms with E-state index in [-0.39, 0.29) is 11.2 Å². The van der Waals surface area contributed by atoms with Gasteiger partial charge in [-0.25, -0.2) is 0 Å². The first-order valence-electron chi connectivity index (χ1n) is 8.43. The SMILES string of the molecule is CC(=O)C1=CN2CC[C@]34c5ccccc5N(C)[C@H]3C[C@H]1C[C@H]24. The maximum absolute atomic E-state index is 12.1. The van der Waals surface area contributed by atoms with Crippen LogP contribution in [0.25, 0.3) is 0 Å². The Morgan fingerprint density at radius 3 is 2.82 bits per heavy atom. The van der Waals surface area contributed by atoms with Crippen LogP contribution in [0.1, 0.15) is 31.7 Å². The van der Waals surface area contributed by atoms with Crippen LogP contribution in [0.2, 0.25) is 0 Å². The number of fused-ring (bicyclic) bond motifs is 2. The first kappa shape index (κ1) is 12.7. The summed E-state index contributed by atoms with van der Waals surface area (Å²) < 4.78 is 0. The molecule has 3 aliphatic heterocycles. The minimum Gasteiger partial charge on any atom is -0.373 e. The molecule has 0 N–H and O–H groups in total. The third kappa shape index (κ3) is 1.27. The van der Waals surface area contributed by atoms with Gasteiger partial charge in [0.2, 0.25) is 0 Å². The van der Waals surface area contributed by atoms with E-state index in [1.54, 1.807) is 12.5 Å². The zero-order valence-corrected chi connectivity index (χ0v) is 13.2. The molecule has 4 aliphatic rings. The maximum atomic E-state index is 12.1. The lowest BCUT2D eigenvalue weighted by Crippen LogP contribution is -2.57. The van der Waals surface area contributed by atoms with Gasteiger partial charge < -0.3 is 9.80 Å². The Kier molecular flexibility index (Phi) is 2.29. The molecule has 1 aromatic rings. The second kappa shape index (κ2) is 3.95. The van der Waals surface area contributed by atoms with Crippen LogP contribution >= 0.6 is 0 Å². The standard InChI is InChI=1S/C19H22N2O/c1-12(22)14-11-21-8-7-19-15-5-3-4-6-16(15)20(2)17(19)9-13(14)10-18(19)21/h3-6,11,13,17-18H,7-10H2,1-2H3/t13-,17-,18-,19-/m0/s1. The van der Waals surface area contributed by atoms with Gasteiger partial charge >= 0.3 is 0 Å². The summed E-state index contributed by atoms with van der Waals surface area (Å²) in [5.41, 5.74) is 4.30. The molecule has 3 nitrogen and oxygen atoms in total. The van der Waals surface area contributed by atoms with Gasteiger partial charge in [0, 0.05) is 48.6 Å². The van der Waals surface area contributed by atoms with E-state index in [4.69, 9.17) is 0 Å². The number of nitrogens with zero attached hydrogens (tertiary/aromatic N) is 2. The minimum absolute atomic E-state index is 0.265. The van der Waals surface area contributed by atoms with E-state index < -0.39 is 0 Å². The highest BCUT2D eigenvalue weighted by atomic mass is 16.1. The van der Waals surface area contributed by atoms with Crippen LogP contribution in [0.15, 0.2) is 36.0 Å². The van der Waals surface area contributed by atoms with E-state index in [9.17, 15) is 4.79 Å². The van der Waals surface area contributed by atoms with Gasteiger partial charge in [0.15, 0.2) is 5.78 Å². The molecule has 5 rings (SSSR count). The number of benzene rings is 1. The third-order valence-corrected chi connectivity index (χ3v) is 6.79. The molecule has 0 aromatic heterocycles. The molecule has 1 saturated carbocycles. The quantitative estimate of drug-likeness (QED) is 0.795. The lowest BCUT2D eigenvalue weighted by Gasteiger charge is -2.51. The molecule has 0 amide bonds. The van der Waals surface area contributed by atoms with Crippen molar-refractivity contribution in [3.8, 4) is 0 Å². The molecule has 22 heavy (non-hydrogen) atoms. The fourth-order valence-corrected chi connectivity index (χ4v) is 5.92. The summed E-state index contributed by atoms with van der Waals surface area (Å²) in [5, 5.41) is 0. The van der Waals surface area contributed by atoms with Crippen LogP contribution in [0.3, 0.4) is 0 Å². The number of anilines is 1. The van der Waals surface area contributed by atoms with Crippen molar-refractivity contribution in [3.63, 3.8) is 0 Å². The first-order valence-corrected chi connectivity index (χ1v) is 8.43. The average Bonchev–Trinajstić information content (AvgIpc) is 3.04. The number of hydrogen-bond donors (Lipinski definition) is 0. The number of carbonyl (C=O) groups is 1. The molecule has 4 atom stereocenters. The minimum atomic E-state index is 0.265. The Morgan fingerprint density at radius 2 is 2.00 bits per heavy atom. The van der Waals surface area contributed by atoms with E-state index in [1.165, 1.54) is 12.1 Å². The molecule has 1 aliphatic carbocycles. The van der Waals surface area contributed by atoms with Crippen molar-refractivity contribution in [3.05, 3.63) is 41.6 Å². The maximum Gasteiger partial charge on any atom is 0.157 e. The summed E-state index contributed by atoms with van der Waals surface area (Å²) in [6.45, 7) is 2.82. The average molecular weight is 294 g/mol. The highest BCUT2D eigenvalue weighted by Gasteiger charge is 2.63. The predicted molar refractivity (Wildman–Crippen MR) is 86.9 cm³/mol. The third-order valence-electron chi connectivity index (χ3n) is 6.79. The Hall–Kier alpha value is -1.77. The van der Waals surface area contributed by atoms with E-state index in [1.807, 2.05) is 0 Å². The Morgan fingerprint density at radius 1 is 1.23 bits per heavy atom. The summed E-state index contributed by atoms with van der Waals surface area (Å²) in [5.74, 6) is 0.716. The van der Waals surface area contributed by atoms with Crippen molar-refractivity contribution in [2.75, 3.05) is 18.5 Å². The van der Waals surface area contributed by atoms with Crippen molar-refractivity contribution in [2.45, 2.75) is 43.7 Å². The monoisotopic (exact) mass is 294 g/mol. The van der Waals surface area contributed by atoms with Crippen molar-refractivity contribution < 1.29 is 4.79 Å². The van der Waals surface area contributed by atoms with Gasteiger partial charge in [0.1, 0.15) is 0 Å². The van der Waals surface area contributed by atoms with Crippen LogP contribution in [-0.2, 0) is 10.2 Å². The van der Waals surface area contributed by atoms with Gasteiger partial charge in [0.05, 0.1) is 0 Å². The fourth-order valence-electron chi connectivity index (χ4n) is 5.92. The van der Waals surface area contributed by atoms with E-state index in [0.29, 0.717) is 18.0 Å². The second-order valence-electron chi connectivity index (χ2n) is 7.50. The summed E-state index contributed by atoms with van der Waals surface area (Å²) in [6.07, 6.45) is 5.70. The van der Waals surface area contributed by atoms with Crippen LogP contribution in [0, 0.1) is 5.92 Å². The van der Waals surface area contributed by atoms with Gasteiger partial charge in [-0.15, -0.1) is 0 Å². The fraction of sp³-hybridized carbons (Fsp3) is 0.526. The van der Waals surface area contributed by atoms with Crippen LogP contribution in [-0.4, -0.2) is 36.4 Å². The molecule has 2 bridgehead atoms. The molecule has 2 fully saturated rings. The Balaban J connectivity index is 1.71. The van der Waals surface area contributed by atoms with Gasteiger partial charge in [-0.1, -0.05) is 18.2 Å².